The van der Waals surface area contributed by atoms with Gasteiger partial charge in [-0.2, -0.15) is 0 Å². The highest BCUT2D eigenvalue weighted by atomic mass is 35.5. The molecule has 21 heavy (non-hydrogen) atoms. The summed E-state index contributed by atoms with van der Waals surface area (Å²) < 4.78 is 0. The molecule has 0 atom stereocenters. The van der Waals surface area contributed by atoms with E-state index in [-0.39, 0.29) is 10.6 Å². The van der Waals surface area contributed by atoms with Gasteiger partial charge in [-0.05, 0) is 30.0 Å². The van der Waals surface area contributed by atoms with Crippen LogP contribution in [0, 0.1) is 10.1 Å². The number of nitro groups is 1. The maximum absolute atomic E-state index is 11.1. The van der Waals surface area contributed by atoms with Crippen LogP contribution in [0.15, 0.2) is 42.5 Å². The lowest BCUT2D eigenvalue weighted by Crippen LogP contribution is -2.29. The number of halogens is 1. The van der Waals surface area contributed by atoms with Gasteiger partial charge in [0.2, 0.25) is 0 Å². The zero-order valence-electron chi connectivity index (χ0n) is 11.4. The molecule has 0 bridgehead atoms. The van der Waals surface area contributed by atoms with Gasteiger partial charge in [-0.1, -0.05) is 41.9 Å². The molecule has 0 amide bonds. The SMILES string of the molecule is O=[N+]([O-])c1cccc(Cl)c1CNC1Cc2ccccc2C1. The predicted octanol–water partition coefficient (Wildman–Crippen LogP) is 3.51. The van der Waals surface area contributed by atoms with Crippen molar-refractivity contribution in [2.45, 2.75) is 25.4 Å². The van der Waals surface area contributed by atoms with Crippen LogP contribution in [-0.4, -0.2) is 11.0 Å². The number of rotatable bonds is 4. The Labute approximate surface area is 127 Å². The number of nitrogens with one attached hydrogen (secondary N) is 1. The molecule has 0 aliphatic heterocycles. The molecule has 0 radical (unpaired) electrons. The van der Waals surface area contributed by atoms with Crippen LogP contribution in [0.2, 0.25) is 5.02 Å². The summed E-state index contributed by atoms with van der Waals surface area (Å²) in [5.41, 5.74) is 3.33. The fourth-order valence-electron chi connectivity index (χ4n) is 2.84. The zero-order valence-corrected chi connectivity index (χ0v) is 12.1. The van der Waals surface area contributed by atoms with Crippen LogP contribution in [0.25, 0.3) is 0 Å². The fraction of sp³-hybridized carbons (Fsp3) is 0.250. The number of hydrogen-bond donors (Lipinski definition) is 1. The van der Waals surface area contributed by atoms with Crippen molar-refractivity contribution in [2.24, 2.45) is 0 Å². The van der Waals surface area contributed by atoms with E-state index < -0.39 is 0 Å². The van der Waals surface area contributed by atoms with Crippen molar-refractivity contribution >= 4 is 17.3 Å². The van der Waals surface area contributed by atoms with Crippen LogP contribution in [0.5, 0.6) is 0 Å². The second-order valence-corrected chi connectivity index (χ2v) is 5.66. The number of benzene rings is 2. The van der Waals surface area contributed by atoms with Crippen LogP contribution >= 0.6 is 11.6 Å². The maximum atomic E-state index is 11.1. The first-order chi connectivity index (χ1) is 10.1. The molecule has 1 N–H and O–H groups in total. The summed E-state index contributed by atoms with van der Waals surface area (Å²) in [7, 11) is 0. The summed E-state index contributed by atoms with van der Waals surface area (Å²) in [6.07, 6.45) is 1.91. The Morgan fingerprint density at radius 2 is 1.81 bits per heavy atom. The van der Waals surface area contributed by atoms with E-state index in [0.29, 0.717) is 23.2 Å². The summed E-state index contributed by atoms with van der Waals surface area (Å²) in [6.45, 7) is 0.411. The number of fused-ring (bicyclic) bond motifs is 1. The van der Waals surface area contributed by atoms with Crippen molar-refractivity contribution in [1.29, 1.82) is 0 Å². The van der Waals surface area contributed by atoms with Crippen LogP contribution < -0.4 is 5.32 Å². The van der Waals surface area contributed by atoms with Crippen LogP contribution in [0.1, 0.15) is 16.7 Å². The first kappa shape index (κ1) is 14.0. The van der Waals surface area contributed by atoms with E-state index in [1.807, 2.05) is 12.1 Å². The Bertz CT molecular complexity index is 663. The Hall–Kier alpha value is -1.91. The molecular weight excluding hydrogens is 288 g/mol. The van der Waals surface area contributed by atoms with Crippen molar-refractivity contribution in [3.8, 4) is 0 Å². The predicted molar refractivity (Wildman–Crippen MR) is 82.6 cm³/mol. The molecule has 0 spiro atoms. The molecule has 1 aliphatic carbocycles. The summed E-state index contributed by atoms with van der Waals surface area (Å²) in [6, 6.07) is 13.4. The average Bonchev–Trinajstić information content (AvgIpc) is 2.88. The van der Waals surface area contributed by atoms with Gasteiger partial charge in [-0.25, -0.2) is 0 Å². The molecule has 0 unspecified atom stereocenters. The first-order valence-corrected chi connectivity index (χ1v) is 7.25. The van der Waals surface area contributed by atoms with E-state index in [0.717, 1.165) is 12.8 Å². The lowest BCUT2D eigenvalue weighted by atomic mass is 10.1. The van der Waals surface area contributed by atoms with Gasteiger partial charge in [-0.3, -0.25) is 10.1 Å². The van der Waals surface area contributed by atoms with E-state index in [4.69, 9.17) is 11.6 Å². The quantitative estimate of drug-likeness (QED) is 0.694. The second-order valence-electron chi connectivity index (χ2n) is 5.25. The molecule has 0 aromatic heterocycles. The third kappa shape index (κ3) is 2.91. The normalized spacial score (nSPS) is 14.1. The minimum absolute atomic E-state index is 0.0745. The highest BCUT2D eigenvalue weighted by molar-refractivity contribution is 6.31. The molecular formula is C16H15ClN2O2. The third-order valence-electron chi connectivity index (χ3n) is 3.91. The monoisotopic (exact) mass is 302 g/mol. The Morgan fingerprint density at radius 1 is 1.14 bits per heavy atom. The summed E-state index contributed by atoms with van der Waals surface area (Å²) in [4.78, 5) is 10.7. The summed E-state index contributed by atoms with van der Waals surface area (Å²) in [5.74, 6) is 0. The van der Waals surface area contributed by atoms with Gasteiger partial charge in [0.1, 0.15) is 0 Å². The van der Waals surface area contributed by atoms with Gasteiger partial charge < -0.3 is 5.32 Å². The highest BCUT2D eigenvalue weighted by Gasteiger charge is 2.22. The van der Waals surface area contributed by atoms with Crippen molar-refractivity contribution in [1.82, 2.24) is 5.32 Å². The van der Waals surface area contributed by atoms with Crippen molar-refractivity contribution in [3.63, 3.8) is 0 Å². The lowest BCUT2D eigenvalue weighted by molar-refractivity contribution is -0.385. The van der Waals surface area contributed by atoms with Crippen molar-refractivity contribution in [3.05, 3.63) is 74.3 Å². The topological polar surface area (TPSA) is 55.2 Å². The molecule has 3 rings (SSSR count). The molecule has 2 aromatic rings. The zero-order chi connectivity index (χ0) is 14.8. The van der Waals surface area contributed by atoms with E-state index >= 15 is 0 Å². The molecule has 2 aromatic carbocycles. The lowest BCUT2D eigenvalue weighted by Gasteiger charge is -2.13. The molecule has 108 valence electrons. The minimum atomic E-state index is -0.383. The van der Waals surface area contributed by atoms with Gasteiger partial charge >= 0.3 is 0 Å². The van der Waals surface area contributed by atoms with Crippen LogP contribution in [0.3, 0.4) is 0 Å². The summed E-state index contributed by atoms with van der Waals surface area (Å²) >= 11 is 6.10. The van der Waals surface area contributed by atoms with E-state index in [2.05, 4.69) is 17.4 Å². The fourth-order valence-corrected chi connectivity index (χ4v) is 3.08. The number of nitrogens with zero attached hydrogens (tertiary/aromatic N) is 1. The Morgan fingerprint density at radius 3 is 2.43 bits per heavy atom. The van der Waals surface area contributed by atoms with Gasteiger partial charge in [0.15, 0.2) is 0 Å². The van der Waals surface area contributed by atoms with E-state index in [1.165, 1.54) is 17.2 Å². The number of hydrogen-bond acceptors (Lipinski definition) is 3. The number of nitro benzene ring substituents is 1. The summed E-state index contributed by atoms with van der Waals surface area (Å²) in [5, 5.41) is 14.9. The Kier molecular flexibility index (Phi) is 3.90. The maximum Gasteiger partial charge on any atom is 0.275 e. The van der Waals surface area contributed by atoms with Crippen molar-refractivity contribution < 1.29 is 4.92 Å². The second kappa shape index (κ2) is 5.84. The molecule has 0 heterocycles. The third-order valence-corrected chi connectivity index (χ3v) is 4.26. The highest BCUT2D eigenvalue weighted by Crippen LogP contribution is 2.27. The molecule has 4 nitrogen and oxygen atoms in total. The van der Waals surface area contributed by atoms with Gasteiger partial charge in [0.05, 0.1) is 15.5 Å². The molecule has 0 saturated heterocycles. The molecule has 1 aliphatic rings. The average molecular weight is 303 g/mol. The Balaban J connectivity index is 1.71. The van der Waals surface area contributed by atoms with E-state index in [9.17, 15) is 10.1 Å². The largest absolute Gasteiger partial charge is 0.309 e. The van der Waals surface area contributed by atoms with E-state index in [1.54, 1.807) is 12.1 Å². The molecule has 0 fully saturated rings. The smallest absolute Gasteiger partial charge is 0.275 e. The van der Waals surface area contributed by atoms with Crippen molar-refractivity contribution in [2.75, 3.05) is 0 Å². The first-order valence-electron chi connectivity index (χ1n) is 6.87. The minimum Gasteiger partial charge on any atom is -0.309 e. The molecule has 5 heteroatoms. The van der Waals surface area contributed by atoms with Gasteiger partial charge in [0, 0.05) is 18.7 Å². The van der Waals surface area contributed by atoms with Gasteiger partial charge in [0.25, 0.3) is 5.69 Å². The van der Waals surface area contributed by atoms with Gasteiger partial charge in [-0.15, -0.1) is 0 Å². The standard InChI is InChI=1S/C16H15ClN2O2/c17-15-6-3-7-16(19(20)21)14(15)10-18-13-8-11-4-1-2-5-12(11)9-13/h1-7,13,18H,8-10H2. The van der Waals surface area contributed by atoms with Crippen LogP contribution in [-0.2, 0) is 19.4 Å². The molecule has 0 saturated carbocycles. The van der Waals surface area contributed by atoms with Crippen LogP contribution in [0.4, 0.5) is 5.69 Å².